The predicted molar refractivity (Wildman–Crippen MR) is 46.0 cm³/mol. The van der Waals surface area contributed by atoms with Crippen LogP contribution in [0.3, 0.4) is 0 Å². The Hall–Kier alpha value is -1.63. The minimum Gasteiger partial charge on any atom is -0.480 e. The number of alkyl halides is 3. The molecule has 1 aromatic carbocycles. The third kappa shape index (κ3) is 2.48. The van der Waals surface area contributed by atoms with Gasteiger partial charge in [0, 0.05) is 0 Å². The first-order valence-electron chi connectivity index (χ1n) is 4.08. The van der Waals surface area contributed by atoms with Crippen LogP contribution in [0.4, 0.5) is 17.6 Å². The summed E-state index contributed by atoms with van der Waals surface area (Å²) < 4.78 is 49.6. The van der Waals surface area contributed by atoms with E-state index in [1.165, 1.54) is 0 Å². The fraction of sp³-hybridized carbons (Fsp3) is 0.222. The molecule has 0 bridgehead atoms. The van der Waals surface area contributed by atoms with E-state index in [0.29, 0.717) is 12.1 Å². The van der Waals surface area contributed by atoms with E-state index >= 15 is 0 Å². The van der Waals surface area contributed by atoms with Crippen LogP contribution >= 0.6 is 0 Å². The largest absolute Gasteiger partial charge is 0.480 e. The van der Waals surface area contributed by atoms with Gasteiger partial charge in [-0.05, 0) is 17.7 Å². The molecule has 0 saturated heterocycles. The van der Waals surface area contributed by atoms with E-state index in [0.717, 1.165) is 6.07 Å². The lowest BCUT2D eigenvalue weighted by molar-refractivity contribution is -0.141. The lowest BCUT2D eigenvalue weighted by atomic mass is 10.0. The SMILES string of the molecule is N[C@@H](C(=O)O)c1ccc(F)c(C(F)(F)F)c1. The molecule has 0 heterocycles. The zero-order valence-corrected chi connectivity index (χ0v) is 7.75. The minimum absolute atomic E-state index is 0.304. The van der Waals surface area contributed by atoms with Crippen LogP contribution in [0.5, 0.6) is 0 Å². The van der Waals surface area contributed by atoms with Gasteiger partial charge >= 0.3 is 12.1 Å². The maximum absolute atomic E-state index is 12.8. The Morgan fingerprint density at radius 2 is 1.94 bits per heavy atom. The van der Waals surface area contributed by atoms with Gasteiger partial charge in [0.15, 0.2) is 0 Å². The third-order valence-corrected chi connectivity index (χ3v) is 1.92. The zero-order chi connectivity index (χ0) is 12.5. The summed E-state index contributed by atoms with van der Waals surface area (Å²) >= 11 is 0. The van der Waals surface area contributed by atoms with Crippen molar-refractivity contribution in [2.75, 3.05) is 0 Å². The third-order valence-electron chi connectivity index (χ3n) is 1.92. The summed E-state index contributed by atoms with van der Waals surface area (Å²) in [6.07, 6.45) is -4.88. The highest BCUT2D eigenvalue weighted by Gasteiger charge is 2.34. The molecule has 3 nitrogen and oxygen atoms in total. The molecule has 88 valence electrons. The highest BCUT2D eigenvalue weighted by atomic mass is 19.4. The Balaban J connectivity index is 3.23. The van der Waals surface area contributed by atoms with Crippen molar-refractivity contribution in [3.05, 3.63) is 35.1 Å². The highest BCUT2D eigenvalue weighted by Crippen LogP contribution is 2.32. The highest BCUT2D eigenvalue weighted by molar-refractivity contribution is 5.75. The fourth-order valence-electron chi connectivity index (χ4n) is 1.10. The van der Waals surface area contributed by atoms with Crippen molar-refractivity contribution >= 4 is 5.97 Å². The molecule has 16 heavy (non-hydrogen) atoms. The van der Waals surface area contributed by atoms with Gasteiger partial charge in [-0.25, -0.2) is 4.39 Å². The number of benzene rings is 1. The van der Waals surface area contributed by atoms with E-state index in [4.69, 9.17) is 10.8 Å². The van der Waals surface area contributed by atoms with Gasteiger partial charge < -0.3 is 10.8 Å². The van der Waals surface area contributed by atoms with Gasteiger partial charge in [0.2, 0.25) is 0 Å². The molecule has 0 amide bonds. The van der Waals surface area contributed by atoms with Crippen molar-refractivity contribution in [2.24, 2.45) is 5.73 Å². The molecule has 0 aliphatic carbocycles. The Kier molecular flexibility index (Phi) is 3.18. The number of aliphatic carboxylic acids is 1. The van der Waals surface area contributed by atoms with Crippen LogP contribution in [0.15, 0.2) is 18.2 Å². The van der Waals surface area contributed by atoms with Crippen molar-refractivity contribution < 1.29 is 27.5 Å². The summed E-state index contributed by atoms with van der Waals surface area (Å²) in [5, 5.41) is 8.50. The van der Waals surface area contributed by atoms with Crippen LogP contribution < -0.4 is 5.73 Å². The molecule has 3 N–H and O–H groups in total. The summed E-state index contributed by atoms with van der Waals surface area (Å²) in [6.45, 7) is 0. The Morgan fingerprint density at radius 3 is 2.38 bits per heavy atom. The number of halogens is 4. The zero-order valence-electron chi connectivity index (χ0n) is 7.75. The van der Waals surface area contributed by atoms with E-state index in [1.54, 1.807) is 0 Å². The molecular weight excluding hydrogens is 230 g/mol. The predicted octanol–water partition coefficient (Wildman–Crippen LogP) is 1.93. The summed E-state index contributed by atoms with van der Waals surface area (Å²) in [5.41, 5.74) is 3.28. The number of carbonyl (C=O) groups is 1. The number of carboxylic acids is 1. The van der Waals surface area contributed by atoms with Gasteiger partial charge in [-0.1, -0.05) is 6.07 Å². The van der Waals surface area contributed by atoms with Crippen molar-refractivity contribution in [3.63, 3.8) is 0 Å². The molecule has 0 spiro atoms. The van der Waals surface area contributed by atoms with Gasteiger partial charge in [0.05, 0.1) is 5.56 Å². The molecule has 0 aromatic heterocycles. The Bertz CT molecular complexity index is 416. The summed E-state index contributed by atoms with van der Waals surface area (Å²) in [6, 6.07) is 0.236. The fourth-order valence-corrected chi connectivity index (χ4v) is 1.10. The summed E-state index contributed by atoms with van der Waals surface area (Å²) in [7, 11) is 0. The molecule has 0 unspecified atom stereocenters. The first-order chi connectivity index (χ1) is 7.23. The Morgan fingerprint density at radius 1 is 1.38 bits per heavy atom. The van der Waals surface area contributed by atoms with Crippen LogP contribution in [0.1, 0.15) is 17.2 Å². The Labute approximate surface area is 87.5 Å². The van der Waals surface area contributed by atoms with Crippen molar-refractivity contribution in [2.45, 2.75) is 12.2 Å². The second-order valence-corrected chi connectivity index (χ2v) is 3.05. The average molecular weight is 237 g/mol. The van der Waals surface area contributed by atoms with Crippen LogP contribution in [-0.4, -0.2) is 11.1 Å². The maximum Gasteiger partial charge on any atom is 0.419 e. The quantitative estimate of drug-likeness (QED) is 0.772. The first-order valence-corrected chi connectivity index (χ1v) is 4.08. The topological polar surface area (TPSA) is 63.3 Å². The van der Waals surface area contributed by atoms with Crippen molar-refractivity contribution in [3.8, 4) is 0 Å². The van der Waals surface area contributed by atoms with E-state index in [-0.39, 0.29) is 5.56 Å². The van der Waals surface area contributed by atoms with Gasteiger partial charge in [0.25, 0.3) is 0 Å². The van der Waals surface area contributed by atoms with E-state index in [1.807, 2.05) is 0 Å². The standard InChI is InChI=1S/C9H7F4NO2/c10-6-2-1-4(7(14)8(15)16)3-5(6)9(11,12)13/h1-3,7H,14H2,(H,15,16)/t7-/m1/s1. The molecule has 1 rings (SSSR count). The van der Waals surface area contributed by atoms with Crippen molar-refractivity contribution in [1.82, 2.24) is 0 Å². The minimum atomic E-state index is -4.88. The second kappa shape index (κ2) is 4.09. The molecule has 1 atom stereocenters. The van der Waals surface area contributed by atoms with Gasteiger partial charge in [-0.3, -0.25) is 4.79 Å². The number of carboxylic acid groups (broad SMARTS) is 1. The number of nitrogens with two attached hydrogens (primary N) is 1. The number of hydrogen-bond acceptors (Lipinski definition) is 2. The molecular formula is C9H7F4NO2. The lowest BCUT2D eigenvalue weighted by Crippen LogP contribution is -2.21. The molecule has 0 aliphatic rings. The monoisotopic (exact) mass is 237 g/mol. The van der Waals surface area contributed by atoms with E-state index in [9.17, 15) is 22.4 Å². The lowest BCUT2D eigenvalue weighted by Gasteiger charge is -2.12. The molecule has 1 aromatic rings. The van der Waals surface area contributed by atoms with Crippen molar-refractivity contribution in [1.29, 1.82) is 0 Å². The van der Waals surface area contributed by atoms with Crippen LogP contribution in [-0.2, 0) is 11.0 Å². The van der Waals surface area contributed by atoms with Crippen LogP contribution in [0, 0.1) is 5.82 Å². The number of rotatable bonds is 2. The molecule has 7 heteroatoms. The van der Waals surface area contributed by atoms with Crippen LogP contribution in [0.2, 0.25) is 0 Å². The van der Waals surface area contributed by atoms with E-state index < -0.39 is 29.6 Å². The van der Waals surface area contributed by atoms with Gasteiger partial charge in [-0.2, -0.15) is 13.2 Å². The summed E-state index contributed by atoms with van der Waals surface area (Å²) in [4.78, 5) is 10.4. The van der Waals surface area contributed by atoms with Gasteiger partial charge in [0.1, 0.15) is 11.9 Å². The first kappa shape index (κ1) is 12.4. The van der Waals surface area contributed by atoms with Gasteiger partial charge in [-0.15, -0.1) is 0 Å². The molecule has 0 fully saturated rings. The molecule has 0 radical (unpaired) electrons. The second-order valence-electron chi connectivity index (χ2n) is 3.05. The molecule has 0 aliphatic heterocycles. The van der Waals surface area contributed by atoms with E-state index in [2.05, 4.69) is 0 Å². The average Bonchev–Trinajstić information content (AvgIpc) is 2.15. The smallest absolute Gasteiger partial charge is 0.419 e. The van der Waals surface area contributed by atoms with Crippen LogP contribution in [0.25, 0.3) is 0 Å². The maximum atomic E-state index is 12.8. The molecule has 0 saturated carbocycles. The summed E-state index contributed by atoms with van der Waals surface area (Å²) in [5.74, 6) is -2.95. The normalized spacial score (nSPS) is 13.6. The number of hydrogen-bond donors (Lipinski definition) is 2.